The molecule has 1 heterocycles. The molecule has 18 heavy (non-hydrogen) atoms. The number of aromatic nitrogens is 2. The lowest BCUT2D eigenvalue weighted by atomic mass is 10.2. The standard InChI is InChI=1S/C11H13N3O4/c1-17-9-5-3-2-4-7(9)12-6-8(15)10-13-14-11(16)18-10/h2-5,8,12,15H,6H2,1H3,(H,14,16). The summed E-state index contributed by atoms with van der Waals surface area (Å²) in [7, 11) is 1.56. The van der Waals surface area contributed by atoms with Crippen LogP contribution in [0.4, 0.5) is 5.69 Å². The van der Waals surface area contributed by atoms with Crippen molar-refractivity contribution in [3.8, 4) is 5.75 Å². The Morgan fingerprint density at radius 1 is 1.56 bits per heavy atom. The van der Waals surface area contributed by atoms with Crippen LogP contribution >= 0.6 is 0 Å². The lowest BCUT2D eigenvalue weighted by Crippen LogP contribution is -2.13. The number of hydrogen-bond donors (Lipinski definition) is 3. The fourth-order valence-electron chi connectivity index (χ4n) is 1.47. The van der Waals surface area contributed by atoms with Gasteiger partial charge in [0.1, 0.15) is 11.9 Å². The summed E-state index contributed by atoms with van der Waals surface area (Å²) in [6.45, 7) is 0.147. The zero-order chi connectivity index (χ0) is 13.0. The van der Waals surface area contributed by atoms with Gasteiger partial charge in [-0.25, -0.2) is 9.89 Å². The molecule has 96 valence electrons. The molecule has 0 aliphatic carbocycles. The number of nitrogens with zero attached hydrogens (tertiary/aromatic N) is 1. The summed E-state index contributed by atoms with van der Waals surface area (Å²) in [6.07, 6.45) is -1.02. The summed E-state index contributed by atoms with van der Waals surface area (Å²) in [5, 5.41) is 18.4. The molecule has 0 bridgehead atoms. The number of rotatable bonds is 5. The summed E-state index contributed by atoms with van der Waals surface area (Å²) >= 11 is 0. The van der Waals surface area contributed by atoms with Crippen molar-refractivity contribution < 1.29 is 14.3 Å². The fraction of sp³-hybridized carbons (Fsp3) is 0.273. The van der Waals surface area contributed by atoms with Gasteiger partial charge in [-0.3, -0.25) is 0 Å². The van der Waals surface area contributed by atoms with E-state index < -0.39 is 11.9 Å². The highest BCUT2D eigenvalue weighted by Gasteiger charge is 2.14. The van der Waals surface area contributed by atoms with Gasteiger partial charge in [0.2, 0.25) is 5.89 Å². The number of nitrogens with one attached hydrogen (secondary N) is 2. The Bertz CT molecular complexity index is 563. The third-order valence-corrected chi connectivity index (χ3v) is 2.33. The molecule has 0 saturated carbocycles. The first kappa shape index (κ1) is 12.2. The monoisotopic (exact) mass is 251 g/mol. The number of ether oxygens (including phenoxy) is 1. The van der Waals surface area contributed by atoms with Crippen molar-refractivity contribution in [2.45, 2.75) is 6.10 Å². The molecule has 3 N–H and O–H groups in total. The van der Waals surface area contributed by atoms with Crippen LogP contribution in [-0.4, -0.2) is 29.0 Å². The van der Waals surface area contributed by atoms with Crippen molar-refractivity contribution in [3.05, 3.63) is 40.7 Å². The minimum Gasteiger partial charge on any atom is -0.495 e. The zero-order valence-corrected chi connectivity index (χ0v) is 9.71. The smallest absolute Gasteiger partial charge is 0.434 e. The van der Waals surface area contributed by atoms with Crippen LogP contribution in [0.3, 0.4) is 0 Å². The average molecular weight is 251 g/mol. The van der Waals surface area contributed by atoms with Crippen molar-refractivity contribution in [3.63, 3.8) is 0 Å². The molecule has 1 unspecified atom stereocenters. The highest BCUT2D eigenvalue weighted by Crippen LogP contribution is 2.23. The van der Waals surface area contributed by atoms with Gasteiger partial charge in [-0.05, 0) is 12.1 Å². The predicted octanol–water partition coefficient (Wildman–Crippen LogP) is 0.517. The van der Waals surface area contributed by atoms with E-state index in [2.05, 4.69) is 19.9 Å². The van der Waals surface area contributed by atoms with Gasteiger partial charge < -0.3 is 19.6 Å². The third kappa shape index (κ3) is 2.69. The Morgan fingerprint density at radius 2 is 2.33 bits per heavy atom. The molecule has 1 atom stereocenters. The van der Waals surface area contributed by atoms with Gasteiger partial charge in [0.25, 0.3) is 0 Å². The van der Waals surface area contributed by atoms with Crippen LogP contribution in [0.1, 0.15) is 12.0 Å². The number of aliphatic hydroxyl groups excluding tert-OH is 1. The maximum atomic E-state index is 10.7. The van der Waals surface area contributed by atoms with E-state index in [1.807, 2.05) is 18.2 Å². The molecule has 0 amide bonds. The average Bonchev–Trinajstić information content (AvgIpc) is 2.83. The van der Waals surface area contributed by atoms with Gasteiger partial charge in [-0.2, -0.15) is 0 Å². The quantitative estimate of drug-likeness (QED) is 0.716. The Hall–Kier alpha value is -2.28. The predicted molar refractivity (Wildman–Crippen MR) is 63.6 cm³/mol. The second kappa shape index (κ2) is 5.37. The normalized spacial score (nSPS) is 12.1. The van der Waals surface area contributed by atoms with Crippen LogP contribution in [0.15, 0.2) is 33.5 Å². The van der Waals surface area contributed by atoms with E-state index in [1.54, 1.807) is 13.2 Å². The maximum absolute atomic E-state index is 10.7. The van der Waals surface area contributed by atoms with Crippen LogP contribution in [0.25, 0.3) is 0 Å². The van der Waals surface area contributed by atoms with Gasteiger partial charge in [0.15, 0.2) is 0 Å². The Balaban J connectivity index is 2.01. The van der Waals surface area contributed by atoms with Crippen LogP contribution in [0.2, 0.25) is 0 Å². The number of aliphatic hydroxyl groups is 1. The van der Waals surface area contributed by atoms with Gasteiger partial charge in [-0.15, -0.1) is 5.10 Å². The second-order valence-corrected chi connectivity index (χ2v) is 3.55. The molecule has 2 rings (SSSR count). The molecular formula is C11H13N3O4. The van der Waals surface area contributed by atoms with E-state index in [-0.39, 0.29) is 12.4 Å². The van der Waals surface area contributed by atoms with Crippen LogP contribution < -0.4 is 15.8 Å². The molecule has 0 aliphatic rings. The fourth-order valence-corrected chi connectivity index (χ4v) is 1.47. The van der Waals surface area contributed by atoms with Crippen LogP contribution in [-0.2, 0) is 0 Å². The Labute approximate surface area is 102 Å². The first-order valence-electron chi connectivity index (χ1n) is 5.31. The molecule has 0 fully saturated rings. The Kier molecular flexibility index (Phi) is 3.63. The maximum Gasteiger partial charge on any atom is 0.434 e. The summed E-state index contributed by atoms with van der Waals surface area (Å²) in [4.78, 5) is 10.7. The number of hydrogen-bond acceptors (Lipinski definition) is 6. The highest BCUT2D eigenvalue weighted by atomic mass is 16.5. The van der Waals surface area contributed by atoms with Gasteiger partial charge in [-0.1, -0.05) is 12.1 Å². The summed E-state index contributed by atoms with van der Waals surface area (Å²) in [5.74, 6) is -0.0862. The first-order chi connectivity index (χ1) is 8.70. The Morgan fingerprint density at radius 3 is 3.00 bits per heavy atom. The molecule has 7 nitrogen and oxygen atoms in total. The second-order valence-electron chi connectivity index (χ2n) is 3.55. The van der Waals surface area contributed by atoms with Gasteiger partial charge in [0.05, 0.1) is 12.8 Å². The van der Waals surface area contributed by atoms with Crippen LogP contribution in [0, 0.1) is 0 Å². The molecular weight excluding hydrogens is 238 g/mol. The SMILES string of the molecule is COc1ccccc1NCC(O)c1n[nH]c(=O)o1. The molecule has 0 saturated heterocycles. The summed E-state index contributed by atoms with van der Waals surface area (Å²) in [5.41, 5.74) is 0.733. The van der Waals surface area contributed by atoms with Gasteiger partial charge in [0, 0.05) is 6.54 Å². The lowest BCUT2D eigenvalue weighted by Gasteiger charge is -2.12. The number of benzene rings is 1. The van der Waals surface area contributed by atoms with E-state index in [4.69, 9.17) is 4.74 Å². The molecule has 0 radical (unpaired) electrons. The van der Waals surface area contributed by atoms with E-state index in [9.17, 15) is 9.90 Å². The minimum atomic E-state index is -1.02. The van der Waals surface area contributed by atoms with E-state index >= 15 is 0 Å². The van der Waals surface area contributed by atoms with Crippen molar-refractivity contribution in [1.82, 2.24) is 10.2 Å². The summed E-state index contributed by atoms with van der Waals surface area (Å²) < 4.78 is 9.79. The number of methoxy groups -OCH3 is 1. The number of H-pyrrole nitrogens is 1. The number of aromatic amines is 1. The zero-order valence-electron chi connectivity index (χ0n) is 9.71. The largest absolute Gasteiger partial charge is 0.495 e. The molecule has 2 aromatic rings. The summed E-state index contributed by atoms with van der Waals surface area (Å²) in [6, 6.07) is 7.29. The van der Waals surface area contributed by atoms with E-state index in [0.29, 0.717) is 5.75 Å². The van der Waals surface area contributed by atoms with Crippen molar-refractivity contribution in [2.75, 3.05) is 19.0 Å². The molecule has 1 aromatic heterocycles. The molecule has 0 spiro atoms. The minimum absolute atomic E-state index is 0.0533. The van der Waals surface area contributed by atoms with Crippen LogP contribution in [0.5, 0.6) is 5.75 Å². The third-order valence-electron chi connectivity index (χ3n) is 2.33. The van der Waals surface area contributed by atoms with Crippen molar-refractivity contribution in [2.24, 2.45) is 0 Å². The van der Waals surface area contributed by atoms with E-state index in [0.717, 1.165) is 5.69 Å². The number of anilines is 1. The number of para-hydroxylation sites is 2. The van der Waals surface area contributed by atoms with Crippen molar-refractivity contribution >= 4 is 5.69 Å². The van der Waals surface area contributed by atoms with Gasteiger partial charge >= 0.3 is 5.76 Å². The molecule has 1 aromatic carbocycles. The van der Waals surface area contributed by atoms with Crippen molar-refractivity contribution in [1.29, 1.82) is 0 Å². The topological polar surface area (TPSA) is 100 Å². The molecule has 7 heteroatoms. The first-order valence-corrected chi connectivity index (χ1v) is 5.31. The lowest BCUT2D eigenvalue weighted by molar-refractivity contribution is 0.154. The highest BCUT2D eigenvalue weighted by molar-refractivity contribution is 5.56. The molecule has 0 aliphatic heterocycles. The van der Waals surface area contributed by atoms with E-state index in [1.165, 1.54) is 0 Å².